The Kier molecular flexibility index (Phi) is 3.34. The third-order valence-electron chi connectivity index (χ3n) is 4.76. The minimum Gasteiger partial charge on any atom is -0.355 e. The normalized spacial score (nSPS) is 24.2. The van der Waals surface area contributed by atoms with Crippen molar-refractivity contribution in [1.82, 2.24) is 4.31 Å². The van der Waals surface area contributed by atoms with Crippen LogP contribution < -0.4 is 0 Å². The van der Waals surface area contributed by atoms with Crippen molar-refractivity contribution in [3.8, 4) is 0 Å². The molecule has 0 aromatic heterocycles. The molecule has 1 fully saturated rings. The summed E-state index contributed by atoms with van der Waals surface area (Å²) in [6.45, 7) is 2.91. The van der Waals surface area contributed by atoms with E-state index in [1.54, 1.807) is 16.4 Å². The van der Waals surface area contributed by atoms with E-state index in [1.807, 2.05) is 43.3 Å². The molecule has 0 bridgehead atoms. The number of nitrogens with zero attached hydrogens (tertiary/aromatic N) is 1. The Bertz CT molecular complexity index is 837. The number of rotatable bonds is 2. The van der Waals surface area contributed by atoms with Gasteiger partial charge in [0.25, 0.3) is 0 Å². The Labute approximate surface area is 136 Å². The highest BCUT2D eigenvalue weighted by atomic mass is 32.2. The molecule has 120 valence electrons. The Balaban J connectivity index is 1.84. The molecule has 1 saturated heterocycles. The molecule has 1 unspecified atom stereocenters. The van der Waals surface area contributed by atoms with Gasteiger partial charge in [-0.15, -0.1) is 0 Å². The summed E-state index contributed by atoms with van der Waals surface area (Å²) in [4.78, 5) is 0.325. The molecule has 2 aliphatic rings. The number of hydrogen-bond donors (Lipinski definition) is 0. The molecule has 1 atom stereocenters. The van der Waals surface area contributed by atoms with E-state index in [-0.39, 0.29) is 0 Å². The zero-order valence-corrected chi connectivity index (χ0v) is 13.8. The van der Waals surface area contributed by atoms with E-state index in [4.69, 9.17) is 4.74 Å². The van der Waals surface area contributed by atoms with Crippen molar-refractivity contribution in [3.05, 3.63) is 65.2 Å². The van der Waals surface area contributed by atoms with E-state index < -0.39 is 15.7 Å². The second-order valence-electron chi connectivity index (χ2n) is 6.22. The first-order valence-electron chi connectivity index (χ1n) is 7.86. The molecule has 5 heteroatoms. The topological polar surface area (TPSA) is 46.6 Å². The van der Waals surface area contributed by atoms with Gasteiger partial charge in [0.1, 0.15) is 0 Å². The van der Waals surface area contributed by atoms with E-state index in [0.717, 1.165) is 23.1 Å². The van der Waals surface area contributed by atoms with Crippen molar-refractivity contribution in [2.24, 2.45) is 0 Å². The summed E-state index contributed by atoms with van der Waals surface area (Å²) in [7, 11) is -3.61. The lowest BCUT2D eigenvalue weighted by molar-refractivity contribution is -0.0778. The number of sulfonamides is 1. The number of benzene rings is 2. The van der Waals surface area contributed by atoms with E-state index in [2.05, 4.69) is 0 Å². The van der Waals surface area contributed by atoms with Gasteiger partial charge in [-0.05, 0) is 37.5 Å². The molecule has 23 heavy (non-hydrogen) atoms. The minimum atomic E-state index is -3.61. The zero-order chi connectivity index (χ0) is 16.1. The van der Waals surface area contributed by atoms with Crippen molar-refractivity contribution in [3.63, 3.8) is 0 Å². The first-order valence-corrected chi connectivity index (χ1v) is 9.30. The standard InChI is InChI=1S/C18H19NO3S/c1-14-7-9-16(10-8-14)23(20,21)19-13-15-5-2-3-6-17(15)18(19)11-4-12-22-18/h2-3,5-10H,4,11-13H2,1H3. The highest BCUT2D eigenvalue weighted by molar-refractivity contribution is 7.89. The third-order valence-corrected chi connectivity index (χ3v) is 6.64. The average molecular weight is 329 g/mol. The summed E-state index contributed by atoms with van der Waals surface area (Å²) in [6, 6.07) is 14.9. The minimum absolute atomic E-state index is 0.325. The number of ether oxygens (including phenoxy) is 1. The third kappa shape index (κ3) is 2.15. The lowest BCUT2D eigenvalue weighted by Crippen LogP contribution is -2.44. The first-order chi connectivity index (χ1) is 11.0. The molecule has 2 aromatic rings. The maximum atomic E-state index is 13.2. The largest absolute Gasteiger partial charge is 0.355 e. The van der Waals surface area contributed by atoms with Crippen LogP contribution in [0.5, 0.6) is 0 Å². The van der Waals surface area contributed by atoms with Gasteiger partial charge in [0, 0.05) is 18.7 Å². The van der Waals surface area contributed by atoms with E-state index in [0.29, 0.717) is 24.5 Å². The molecule has 4 rings (SSSR count). The maximum absolute atomic E-state index is 13.2. The van der Waals surface area contributed by atoms with Crippen molar-refractivity contribution >= 4 is 10.0 Å². The van der Waals surface area contributed by atoms with Crippen LogP contribution in [-0.2, 0) is 27.0 Å². The molecule has 0 radical (unpaired) electrons. The van der Waals surface area contributed by atoms with Gasteiger partial charge in [-0.2, -0.15) is 4.31 Å². The van der Waals surface area contributed by atoms with Crippen LogP contribution in [-0.4, -0.2) is 19.3 Å². The highest BCUT2D eigenvalue weighted by Gasteiger charge is 2.53. The van der Waals surface area contributed by atoms with E-state index >= 15 is 0 Å². The summed E-state index contributed by atoms with van der Waals surface area (Å²) >= 11 is 0. The summed E-state index contributed by atoms with van der Waals surface area (Å²) < 4.78 is 34.0. The monoisotopic (exact) mass is 329 g/mol. The summed E-state index contributed by atoms with van der Waals surface area (Å²) in [5.74, 6) is 0. The lowest BCUT2D eigenvalue weighted by atomic mass is 9.99. The van der Waals surface area contributed by atoms with Crippen LogP contribution in [0.25, 0.3) is 0 Å². The molecular weight excluding hydrogens is 310 g/mol. The molecule has 1 spiro atoms. The second-order valence-corrected chi connectivity index (χ2v) is 8.08. The fraction of sp³-hybridized carbons (Fsp3) is 0.333. The fourth-order valence-electron chi connectivity index (χ4n) is 3.61. The van der Waals surface area contributed by atoms with Crippen LogP contribution >= 0.6 is 0 Å². The molecule has 2 aromatic carbocycles. The molecule has 0 aliphatic carbocycles. The van der Waals surface area contributed by atoms with E-state index in [1.165, 1.54) is 0 Å². The van der Waals surface area contributed by atoms with Gasteiger partial charge in [-0.25, -0.2) is 8.42 Å². The van der Waals surface area contributed by atoms with Crippen LogP contribution in [0.2, 0.25) is 0 Å². The van der Waals surface area contributed by atoms with Crippen molar-refractivity contribution in [2.75, 3.05) is 6.61 Å². The first kappa shape index (κ1) is 14.9. The summed E-state index contributed by atoms with van der Waals surface area (Å²) in [5.41, 5.74) is 2.24. The van der Waals surface area contributed by atoms with Gasteiger partial charge in [-0.1, -0.05) is 42.0 Å². The Morgan fingerprint density at radius 1 is 1.09 bits per heavy atom. The predicted octanol–water partition coefficient (Wildman–Crippen LogP) is 3.16. The fourth-order valence-corrected chi connectivity index (χ4v) is 5.28. The van der Waals surface area contributed by atoms with Gasteiger partial charge >= 0.3 is 0 Å². The van der Waals surface area contributed by atoms with Gasteiger partial charge < -0.3 is 4.74 Å². The van der Waals surface area contributed by atoms with Crippen LogP contribution in [0.3, 0.4) is 0 Å². The molecular formula is C18H19NO3S. The average Bonchev–Trinajstić information content (AvgIpc) is 3.15. The number of fused-ring (bicyclic) bond motifs is 2. The zero-order valence-electron chi connectivity index (χ0n) is 13.0. The maximum Gasteiger partial charge on any atom is 0.246 e. The summed E-state index contributed by atoms with van der Waals surface area (Å²) in [6.07, 6.45) is 1.57. The van der Waals surface area contributed by atoms with Crippen molar-refractivity contribution < 1.29 is 13.2 Å². The molecule has 0 saturated carbocycles. The van der Waals surface area contributed by atoms with E-state index in [9.17, 15) is 8.42 Å². The lowest BCUT2D eigenvalue weighted by Gasteiger charge is -2.33. The van der Waals surface area contributed by atoms with Crippen molar-refractivity contribution in [2.45, 2.75) is 36.9 Å². The van der Waals surface area contributed by atoms with Crippen LogP contribution in [0.1, 0.15) is 29.5 Å². The smallest absolute Gasteiger partial charge is 0.246 e. The second kappa shape index (κ2) is 5.16. The summed E-state index contributed by atoms with van der Waals surface area (Å²) in [5, 5.41) is 0. The molecule has 4 nitrogen and oxygen atoms in total. The molecule has 2 heterocycles. The Morgan fingerprint density at radius 2 is 1.83 bits per heavy atom. The molecule has 0 N–H and O–H groups in total. The van der Waals surface area contributed by atoms with Crippen molar-refractivity contribution in [1.29, 1.82) is 0 Å². The van der Waals surface area contributed by atoms with Crippen LogP contribution in [0, 0.1) is 6.92 Å². The molecule has 2 aliphatic heterocycles. The predicted molar refractivity (Wildman–Crippen MR) is 87.2 cm³/mol. The number of aryl methyl sites for hydroxylation is 1. The quantitative estimate of drug-likeness (QED) is 0.850. The van der Waals surface area contributed by atoms with Gasteiger partial charge in [-0.3, -0.25) is 0 Å². The van der Waals surface area contributed by atoms with Gasteiger partial charge in [0.15, 0.2) is 5.72 Å². The van der Waals surface area contributed by atoms with Gasteiger partial charge in [0.05, 0.1) is 4.90 Å². The molecule has 0 amide bonds. The SMILES string of the molecule is Cc1ccc(S(=O)(=O)N2Cc3ccccc3C23CCCO3)cc1. The Morgan fingerprint density at radius 3 is 2.52 bits per heavy atom. The Hall–Kier alpha value is -1.69. The highest BCUT2D eigenvalue weighted by Crippen LogP contribution is 2.49. The van der Waals surface area contributed by atoms with Crippen LogP contribution in [0.15, 0.2) is 53.4 Å². The number of hydrogen-bond acceptors (Lipinski definition) is 3. The van der Waals surface area contributed by atoms with Crippen LogP contribution in [0.4, 0.5) is 0 Å². The van der Waals surface area contributed by atoms with Gasteiger partial charge in [0.2, 0.25) is 10.0 Å².